The van der Waals surface area contributed by atoms with Gasteiger partial charge in [-0.2, -0.15) is 0 Å². The van der Waals surface area contributed by atoms with Crippen LogP contribution in [0.3, 0.4) is 0 Å². The molecule has 0 aliphatic heterocycles. The molecule has 3 nitrogen and oxygen atoms in total. The molecule has 60 valence electrons. The van der Waals surface area contributed by atoms with Gasteiger partial charge in [0.05, 0.1) is 5.69 Å². The fourth-order valence-electron chi connectivity index (χ4n) is 0.754. The summed E-state index contributed by atoms with van der Waals surface area (Å²) in [7, 11) is 1.90. The van der Waals surface area contributed by atoms with Gasteiger partial charge in [0.15, 0.2) is 5.16 Å². The number of thioether (sulfide) groups is 1. The lowest BCUT2D eigenvalue weighted by molar-refractivity contribution is 0.763. The summed E-state index contributed by atoms with van der Waals surface area (Å²) in [4.78, 5) is 8.33. The van der Waals surface area contributed by atoms with Crippen molar-refractivity contribution in [2.75, 3.05) is 13.3 Å². The average Bonchev–Trinajstić information content (AvgIpc) is 2.06. The van der Waals surface area contributed by atoms with E-state index in [-0.39, 0.29) is 0 Å². The van der Waals surface area contributed by atoms with Gasteiger partial charge in [0.2, 0.25) is 0 Å². The summed E-state index contributed by atoms with van der Waals surface area (Å²) in [6, 6.07) is 1.91. The molecule has 4 heteroatoms. The van der Waals surface area contributed by atoms with E-state index in [1.807, 2.05) is 19.4 Å². The highest BCUT2D eigenvalue weighted by molar-refractivity contribution is 7.98. The van der Waals surface area contributed by atoms with Crippen molar-refractivity contribution in [1.29, 1.82) is 0 Å². The maximum atomic E-state index is 4.27. The number of hydrogen-bond donors (Lipinski definition) is 1. The van der Waals surface area contributed by atoms with Gasteiger partial charge in [0, 0.05) is 12.7 Å². The van der Waals surface area contributed by atoms with Crippen molar-refractivity contribution in [3.05, 3.63) is 18.0 Å². The van der Waals surface area contributed by atoms with Crippen molar-refractivity contribution in [2.24, 2.45) is 0 Å². The van der Waals surface area contributed by atoms with Gasteiger partial charge in [0.25, 0.3) is 0 Å². The molecule has 0 saturated carbocycles. The van der Waals surface area contributed by atoms with Gasteiger partial charge >= 0.3 is 0 Å². The zero-order valence-corrected chi connectivity index (χ0v) is 7.48. The fourth-order valence-corrected chi connectivity index (χ4v) is 1.13. The van der Waals surface area contributed by atoms with Crippen LogP contribution < -0.4 is 5.32 Å². The monoisotopic (exact) mass is 169 g/mol. The minimum absolute atomic E-state index is 0.802. The van der Waals surface area contributed by atoms with Crippen molar-refractivity contribution in [3.63, 3.8) is 0 Å². The Balaban J connectivity index is 2.74. The van der Waals surface area contributed by atoms with E-state index in [1.54, 1.807) is 18.0 Å². The van der Waals surface area contributed by atoms with Crippen LogP contribution in [0.15, 0.2) is 17.4 Å². The lowest BCUT2D eigenvalue weighted by Crippen LogP contribution is -2.07. The van der Waals surface area contributed by atoms with Gasteiger partial charge in [-0.05, 0) is 19.4 Å². The predicted molar refractivity (Wildman–Crippen MR) is 46.6 cm³/mol. The highest BCUT2D eigenvalue weighted by Crippen LogP contribution is 2.06. The van der Waals surface area contributed by atoms with E-state index in [9.17, 15) is 0 Å². The maximum absolute atomic E-state index is 4.27. The summed E-state index contributed by atoms with van der Waals surface area (Å²) < 4.78 is 0. The van der Waals surface area contributed by atoms with Crippen molar-refractivity contribution in [1.82, 2.24) is 15.3 Å². The Hall–Kier alpha value is -0.610. The van der Waals surface area contributed by atoms with E-state index in [0.29, 0.717) is 0 Å². The van der Waals surface area contributed by atoms with Gasteiger partial charge in [-0.3, -0.25) is 0 Å². The molecule has 0 saturated heterocycles. The smallest absolute Gasteiger partial charge is 0.187 e. The molecule has 1 N–H and O–H groups in total. The minimum Gasteiger partial charge on any atom is -0.314 e. The number of aromatic nitrogens is 2. The Labute approximate surface area is 70.6 Å². The summed E-state index contributed by atoms with van der Waals surface area (Å²) in [6.45, 7) is 0.802. The van der Waals surface area contributed by atoms with Crippen molar-refractivity contribution in [2.45, 2.75) is 11.7 Å². The fraction of sp³-hybridized carbons (Fsp3) is 0.429. The third-order valence-electron chi connectivity index (χ3n) is 1.23. The second kappa shape index (κ2) is 4.31. The van der Waals surface area contributed by atoms with E-state index < -0.39 is 0 Å². The molecule has 0 bridgehead atoms. The number of nitrogens with one attached hydrogen (secondary N) is 1. The first-order chi connectivity index (χ1) is 5.36. The third kappa shape index (κ3) is 2.48. The Bertz CT molecular complexity index is 227. The van der Waals surface area contributed by atoms with E-state index >= 15 is 0 Å². The second-order valence-electron chi connectivity index (χ2n) is 2.07. The average molecular weight is 169 g/mol. The van der Waals surface area contributed by atoms with Crippen LogP contribution in [-0.2, 0) is 6.54 Å². The van der Waals surface area contributed by atoms with E-state index in [2.05, 4.69) is 15.3 Å². The van der Waals surface area contributed by atoms with E-state index in [1.165, 1.54) is 0 Å². The largest absolute Gasteiger partial charge is 0.314 e. The van der Waals surface area contributed by atoms with Gasteiger partial charge in [-0.1, -0.05) is 11.8 Å². The molecule has 0 aliphatic carbocycles. The van der Waals surface area contributed by atoms with Crippen LogP contribution in [0.4, 0.5) is 0 Å². The molecule has 1 heterocycles. The Kier molecular flexibility index (Phi) is 3.32. The Morgan fingerprint density at radius 2 is 2.45 bits per heavy atom. The second-order valence-corrected chi connectivity index (χ2v) is 2.84. The van der Waals surface area contributed by atoms with Crippen LogP contribution in [0.2, 0.25) is 0 Å². The lowest BCUT2D eigenvalue weighted by atomic mass is 10.4. The topological polar surface area (TPSA) is 37.8 Å². The van der Waals surface area contributed by atoms with Crippen LogP contribution in [0, 0.1) is 0 Å². The maximum Gasteiger partial charge on any atom is 0.187 e. The summed E-state index contributed by atoms with van der Waals surface area (Å²) in [6.07, 6.45) is 3.75. The zero-order chi connectivity index (χ0) is 8.10. The molecule has 0 aliphatic rings. The van der Waals surface area contributed by atoms with Crippen LogP contribution in [-0.4, -0.2) is 23.3 Å². The van der Waals surface area contributed by atoms with E-state index in [4.69, 9.17) is 0 Å². The standard InChI is InChI=1S/C7H11N3S/c1-8-5-6-3-4-9-7(10-6)11-2/h3-4,8H,5H2,1-2H3. The molecule has 1 aromatic heterocycles. The number of rotatable bonds is 3. The van der Waals surface area contributed by atoms with Crippen LogP contribution >= 0.6 is 11.8 Å². The molecule has 0 spiro atoms. The first-order valence-electron chi connectivity index (χ1n) is 3.37. The molecule has 0 atom stereocenters. The van der Waals surface area contributed by atoms with E-state index in [0.717, 1.165) is 17.4 Å². The molecular weight excluding hydrogens is 158 g/mol. The van der Waals surface area contributed by atoms with Crippen molar-refractivity contribution in [3.8, 4) is 0 Å². The van der Waals surface area contributed by atoms with Crippen LogP contribution in [0.5, 0.6) is 0 Å². The summed E-state index contributed by atoms with van der Waals surface area (Å²) in [5, 5.41) is 3.87. The SMILES string of the molecule is CNCc1ccnc(SC)n1. The van der Waals surface area contributed by atoms with Crippen molar-refractivity contribution < 1.29 is 0 Å². The minimum atomic E-state index is 0.802. The highest BCUT2D eigenvalue weighted by Gasteiger charge is 1.94. The molecular formula is C7H11N3S. The normalized spacial score (nSPS) is 10.0. The quantitative estimate of drug-likeness (QED) is 0.539. The lowest BCUT2D eigenvalue weighted by Gasteiger charge is -1.99. The molecule has 0 unspecified atom stereocenters. The van der Waals surface area contributed by atoms with Gasteiger partial charge in [-0.15, -0.1) is 0 Å². The highest BCUT2D eigenvalue weighted by atomic mass is 32.2. The predicted octanol–water partition coefficient (Wildman–Crippen LogP) is 0.918. The molecule has 11 heavy (non-hydrogen) atoms. The zero-order valence-electron chi connectivity index (χ0n) is 6.66. The van der Waals surface area contributed by atoms with Gasteiger partial charge < -0.3 is 5.32 Å². The van der Waals surface area contributed by atoms with Crippen LogP contribution in [0.25, 0.3) is 0 Å². The third-order valence-corrected chi connectivity index (χ3v) is 1.79. The molecule has 0 radical (unpaired) electrons. The Morgan fingerprint density at radius 3 is 3.09 bits per heavy atom. The molecule has 1 rings (SSSR count). The number of nitrogens with zero attached hydrogens (tertiary/aromatic N) is 2. The molecule has 0 amide bonds. The van der Waals surface area contributed by atoms with Gasteiger partial charge in [0.1, 0.15) is 0 Å². The number of hydrogen-bond acceptors (Lipinski definition) is 4. The molecule has 0 fully saturated rings. The molecule has 0 aromatic carbocycles. The van der Waals surface area contributed by atoms with Gasteiger partial charge in [-0.25, -0.2) is 9.97 Å². The Morgan fingerprint density at radius 1 is 1.64 bits per heavy atom. The summed E-state index contributed by atoms with van der Waals surface area (Å²) in [5.74, 6) is 0. The first kappa shape index (κ1) is 8.49. The molecule has 1 aromatic rings. The van der Waals surface area contributed by atoms with Crippen LogP contribution in [0.1, 0.15) is 5.69 Å². The summed E-state index contributed by atoms with van der Waals surface area (Å²) in [5.41, 5.74) is 1.03. The summed E-state index contributed by atoms with van der Waals surface area (Å²) >= 11 is 1.56. The first-order valence-corrected chi connectivity index (χ1v) is 4.60. The van der Waals surface area contributed by atoms with Crippen molar-refractivity contribution >= 4 is 11.8 Å².